The summed E-state index contributed by atoms with van der Waals surface area (Å²) in [5.74, 6) is 0.298. The summed E-state index contributed by atoms with van der Waals surface area (Å²) < 4.78 is 1.81. The van der Waals surface area contributed by atoms with Gasteiger partial charge in [0.15, 0.2) is 0 Å². The van der Waals surface area contributed by atoms with Crippen molar-refractivity contribution in [3.05, 3.63) is 36.5 Å². The van der Waals surface area contributed by atoms with Crippen LogP contribution in [0.2, 0.25) is 0 Å². The van der Waals surface area contributed by atoms with Crippen molar-refractivity contribution in [3.8, 4) is 11.3 Å². The Morgan fingerprint density at radius 2 is 1.95 bits per heavy atom. The van der Waals surface area contributed by atoms with Crippen molar-refractivity contribution in [2.75, 3.05) is 5.32 Å². The number of benzene rings is 1. The molecule has 1 aliphatic rings. The van der Waals surface area contributed by atoms with Gasteiger partial charge >= 0.3 is 0 Å². The summed E-state index contributed by atoms with van der Waals surface area (Å²) in [6, 6.07) is 10.0. The van der Waals surface area contributed by atoms with Crippen molar-refractivity contribution in [3.63, 3.8) is 0 Å². The Hall–Kier alpha value is -2.10. The van der Waals surface area contributed by atoms with Crippen LogP contribution in [-0.4, -0.2) is 15.7 Å². The van der Waals surface area contributed by atoms with Crippen LogP contribution in [0.5, 0.6) is 0 Å². The fourth-order valence-electron chi connectivity index (χ4n) is 2.89. The van der Waals surface area contributed by atoms with Gasteiger partial charge in [0.05, 0.1) is 17.6 Å². The molecule has 1 amide bonds. The topological polar surface area (TPSA) is 46.9 Å². The van der Waals surface area contributed by atoms with Gasteiger partial charge < -0.3 is 5.32 Å². The highest BCUT2D eigenvalue weighted by Gasteiger charge is 2.24. The van der Waals surface area contributed by atoms with E-state index in [4.69, 9.17) is 0 Å². The summed E-state index contributed by atoms with van der Waals surface area (Å²) >= 11 is 0. The highest BCUT2D eigenvalue weighted by atomic mass is 16.1. The molecule has 0 bridgehead atoms. The number of nitrogens with one attached hydrogen (secondary N) is 1. The first-order valence-electron chi connectivity index (χ1n) is 7.14. The summed E-state index contributed by atoms with van der Waals surface area (Å²) in [6.45, 7) is 0. The fourth-order valence-corrected chi connectivity index (χ4v) is 2.89. The third-order valence-corrected chi connectivity index (χ3v) is 3.97. The third kappa shape index (κ3) is 2.46. The Morgan fingerprint density at radius 1 is 1.25 bits per heavy atom. The summed E-state index contributed by atoms with van der Waals surface area (Å²) in [5.41, 5.74) is 2.82. The van der Waals surface area contributed by atoms with E-state index in [0.717, 1.165) is 42.6 Å². The SMILES string of the molecule is Cn1ncc(NC(=O)C2CCCC2)c1-c1ccccc1. The van der Waals surface area contributed by atoms with E-state index < -0.39 is 0 Å². The van der Waals surface area contributed by atoms with Crippen molar-refractivity contribution in [2.24, 2.45) is 13.0 Å². The van der Waals surface area contributed by atoms with E-state index in [1.165, 1.54) is 0 Å². The van der Waals surface area contributed by atoms with Gasteiger partial charge in [0, 0.05) is 18.5 Å². The lowest BCUT2D eigenvalue weighted by atomic mass is 10.1. The molecule has 1 heterocycles. The smallest absolute Gasteiger partial charge is 0.227 e. The highest BCUT2D eigenvalue weighted by Crippen LogP contribution is 2.30. The average molecular weight is 269 g/mol. The summed E-state index contributed by atoms with van der Waals surface area (Å²) in [7, 11) is 1.90. The normalized spacial score (nSPS) is 15.4. The van der Waals surface area contributed by atoms with Crippen LogP contribution in [0, 0.1) is 5.92 Å². The molecule has 4 nitrogen and oxygen atoms in total. The van der Waals surface area contributed by atoms with Gasteiger partial charge in [-0.3, -0.25) is 9.48 Å². The van der Waals surface area contributed by atoms with Gasteiger partial charge in [0.2, 0.25) is 5.91 Å². The first-order valence-corrected chi connectivity index (χ1v) is 7.14. The highest BCUT2D eigenvalue weighted by molar-refractivity contribution is 5.96. The zero-order chi connectivity index (χ0) is 13.9. The van der Waals surface area contributed by atoms with Crippen LogP contribution in [0.25, 0.3) is 11.3 Å². The van der Waals surface area contributed by atoms with E-state index in [2.05, 4.69) is 10.4 Å². The number of hydrogen-bond donors (Lipinski definition) is 1. The number of carbonyl (C=O) groups is 1. The minimum absolute atomic E-state index is 0.132. The van der Waals surface area contributed by atoms with E-state index in [1.807, 2.05) is 37.4 Å². The van der Waals surface area contributed by atoms with Gasteiger partial charge in [0.25, 0.3) is 0 Å². The molecule has 1 fully saturated rings. The van der Waals surface area contributed by atoms with Crippen molar-refractivity contribution >= 4 is 11.6 Å². The molecule has 1 aliphatic carbocycles. The number of anilines is 1. The zero-order valence-corrected chi connectivity index (χ0v) is 11.7. The lowest BCUT2D eigenvalue weighted by Crippen LogP contribution is -2.20. The van der Waals surface area contributed by atoms with Gasteiger partial charge in [-0.15, -0.1) is 0 Å². The number of aryl methyl sites for hydroxylation is 1. The largest absolute Gasteiger partial charge is 0.323 e. The van der Waals surface area contributed by atoms with Gasteiger partial charge in [-0.25, -0.2) is 0 Å². The fraction of sp³-hybridized carbons (Fsp3) is 0.375. The third-order valence-electron chi connectivity index (χ3n) is 3.97. The molecular weight excluding hydrogens is 250 g/mol. The Kier molecular flexibility index (Phi) is 3.54. The number of hydrogen-bond acceptors (Lipinski definition) is 2. The summed E-state index contributed by atoms with van der Waals surface area (Å²) in [5, 5.41) is 7.32. The van der Waals surface area contributed by atoms with Crippen LogP contribution in [0.15, 0.2) is 36.5 Å². The lowest BCUT2D eigenvalue weighted by Gasteiger charge is -2.11. The number of carbonyl (C=O) groups excluding carboxylic acids is 1. The first-order chi connectivity index (χ1) is 9.75. The molecule has 0 saturated heterocycles. The second-order valence-corrected chi connectivity index (χ2v) is 5.37. The van der Waals surface area contributed by atoms with Crippen molar-refractivity contribution in [2.45, 2.75) is 25.7 Å². The molecule has 20 heavy (non-hydrogen) atoms. The van der Waals surface area contributed by atoms with Gasteiger partial charge in [-0.1, -0.05) is 43.2 Å². The Morgan fingerprint density at radius 3 is 2.65 bits per heavy atom. The second kappa shape index (κ2) is 5.49. The number of nitrogens with zero attached hydrogens (tertiary/aromatic N) is 2. The average Bonchev–Trinajstić information content (AvgIpc) is 3.10. The maximum Gasteiger partial charge on any atom is 0.227 e. The van der Waals surface area contributed by atoms with Gasteiger partial charge in [0.1, 0.15) is 0 Å². The molecule has 1 N–H and O–H groups in total. The molecule has 4 heteroatoms. The van der Waals surface area contributed by atoms with Crippen molar-refractivity contribution in [1.29, 1.82) is 0 Å². The summed E-state index contributed by atoms with van der Waals surface area (Å²) in [6.07, 6.45) is 6.07. The molecule has 0 atom stereocenters. The Bertz CT molecular complexity index is 597. The minimum atomic E-state index is 0.132. The lowest BCUT2D eigenvalue weighted by molar-refractivity contribution is -0.119. The van der Waals surface area contributed by atoms with Crippen LogP contribution in [0.3, 0.4) is 0 Å². The molecule has 3 rings (SSSR count). The number of amides is 1. The molecule has 0 aliphatic heterocycles. The zero-order valence-electron chi connectivity index (χ0n) is 11.7. The molecule has 104 valence electrons. The molecule has 0 unspecified atom stereocenters. The van der Waals surface area contributed by atoms with Crippen molar-refractivity contribution in [1.82, 2.24) is 9.78 Å². The molecule has 1 aromatic carbocycles. The van der Waals surface area contributed by atoms with Gasteiger partial charge in [-0.05, 0) is 12.8 Å². The molecule has 1 saturated carbocycles. The van der Waals surface area contributed by atoms with Crippen molar-refractivity contribution < 1.29 is 4.79 Å². The molecule has 0 spiro atoms. The Labute approximate surface area is 118 Å². The van der Waals surface area contributed by atoms with E-state index in [-0.39, 0.29) is 11.8 Å². The van der Waals surface area contributed by atoms with Crippen LogP contribution in [0.1, 0.15) is 25.7 Å². The monoisotopic (exact) mass is 269 g/mol. The Balaban J connectivity index is 1.85. The predicted octanol–water partition coefficient (Wildman–Crippen LogP) is 3.22. The van der Waals surface area contributed by atoms with Crippen LogP contribution in [0.4, 0.5) is 5.69 Å². The van der Waals surface area contributed by atoms with Gasteiger partial charge in [-0.2, -0.15) is 5.10 Å². The maximum absolute atomic E-state index is 12.3. The van der Waals surface area contributed by atoms with Crippen LogP contribution >= 0.6 is 0 Å². The van der Waals surface area contributed by atoms with Crippen LogP contribution < -0.4 is 5.32 Å². The quantitative estimate of drug-likeness (QED) is 0.930. The molecule has 2 aromatic rings. The van der Waals surface area contributed by atoms with E-state index in [9.17, 15) is 4.79 Å². The van der Waals surface area contributed by atoms with E-state index >= 15 is 0 Å². The van der Waals surface area contributed by atoms with E-state index in [0.29, 0.717) is 0 Å². The predicted molar refractivity (Wildman–Crippen MR) is 79.2 cm³/mol. The van der Waals surface area contributed by atoms with E-state index in [1.54, 1.807) is 10.9 Å². The maximum atomic E-state index is 12.3. The first kappa shape index (κ1) is 12.9. The number of rotatable bonds is 3. The summed E-state index contributed by atoms with van der Waals surface area (Å²) in [4.78, 5) is 12.3. The molecule has 0 radical (unpaired) electrons. The number of aromatic nitrogens is 2. The standard InChI is InChI=1S/C16H19N3O/c1-19-15(12-7-3-2-4-8-12)14(11-17-19)18-16(20)13-9-5-6-10-13/h2-4,7-8,11,13H,5-6,9-10H2,1H3,(H,18,20). The molecular formula is C16H19N3O. The van der Waals surface area contributed by atoms with Crippen LogP contribution in [-0.2, 0) is 11.8 Å². The second-order valence-electron chi connectivity index (χ2n) is 5.37. The minimum Gasteiger partial charge on any atom is -0.323 e. The molecule has 1 aromatic heterocycles.